The molecular formula is C20H20N2O2. The number of pyridine rings is 1. The first kappa shape index (κ1) is 14.9. The molecule has 4 rings (SSSR count). The zero-order valence-corrected chi connectivity index (χ0v) is 13.7. The molecule has 2 heterocycles. The van der Waals surface area contributed by atoms with Gasteiger partial charge in [0.15, 0.2) is 0 Å². The smallest absolute Gasteiger partial charge is 0.335 e. The van der Waals surface area contributed by atoms with Crippen molar-refractivity contribution in [1.29, 1.82) is 0 Å². The first-order valence-corrected chi connectivity index (χ1v) is 8.43. The molecule has 24 heavy (non-hydrogen) atoms. The summed E-state index contributed by atoms with van der Waals surface area (Å²) < 4.78 is 2.00. The molecule has 1 fully saturated rings. The largest absolute Gasteiger partial charge is 0.478 e. The van der Waals surface area contributed by atoms with Crippen LogP contribution >= 0.6 is 0 Å². The van der Waals surface area contributed by atoms with Gasteiger partial charge < -0.3 is 9.67 Å². The number of carboxylic acids is 1. The molecule has 0 aliphatic heterocycles. The molecule has 1 saturated carbocycles. The Morgan fingerprint density at radius 1 is 1.21 bits per heavy atom. The highest BCUT2D eigenvalue weighted by Crippen LogP contribution is 2.38. The zero-order chi connectivity index (χ0) is 16.7. The number of rotatable bonds is 3. The SMILES string of the molecule is Cn1ccc2c(-c3ccc(C(=O)O)c(C4CCCC4)c3)ccnc21. The topological polar surface area (TPSA) is 55.1 Å². The lowest BCUT2D eigenvalue weighted by Crippen LogP contribution is -2.05. The molecule has 1 N–H and O–H groups in total. The van der Waals surface area contributed by atoms with Gasteiger partial charge in [0, 0.05) is 24.8 Å². The van der Waals surface area contributed by atoms with E-state index in [9.17, 15) is 9.90 Å². The number of aromatic carboxylic acids is 1. The van der Waals surface area contributed by atoms with Gasteiger partial charge in [0.05, 0.1) is 5.56 Å². The number of hydrogen-bond acceptors (Lipinski definition) is 2. The Morgan fingerprint density at radius 3 is 2.75 bits per heavy atom. The van der Waals surface area contributed by atoms with Gasteiger partial charge in [-0.25, -0.2) is 9.78 Å². The van der Waals surface area contributed by atoms with Crippen LogP contribution in [-0.4, -0.2) is 20.6 Å². The summed E-state index contributed by atoms with van der Waals surface area (Å²) in [4.78, 5) is 16.1. The van der Waals surface area contributed by atoms with Gasteiger partial charge in [-0.1, -0.05) is 18.9 Å². The van der Waals surface area contributed by atoms with Crippen LogP contribution in [0.1, 0.15) is 47.5 Å². The molecule has 0 amide bonds. The number of carboxylic acid groups (broad SMARTS) is 1. The third kappa shape index (κ3) is 2.39. The summed E-state index contributed by atoms with van der Waals surface area (Å²) in [7, 11) is 1.98. The van der Waals surface area contributed by atoms with Crippen LogP contribution in [0.15, 0.2) is 42.7 Å². The molecular weight excluding hydrogens is 300 g/mol. The fourth-order valence-electron chi connectivity index (χ4n) is 3.92. The number of nitrogens with zero attached hydrogens (tertiary/aromatic N) is 2. The highest BCUT2D eigenvalue weighted by molar-refractivity contribution is 5.95. The Hall–Kier alpha value is -2.62. The predicted molar refractivity (Wildman–Crippen MR) is 94.3 cm³/mol. The first-order valence-electron chi connectivity index (χ1n) is 8.43. The fraction of sp³-hybridized carbons (Fsp3) is 0.300. The summed E-state index contributed by atoms with van der Waals surface area (Å²) >= 11 is 0. The standard InChI is InChI=1S/C20H20N2O2/c1-22-11-9-16-15(8-10-21-19(16)22)14-6-7-17(20(23)24)18(12-14)13-4-2-3-5-13/h6-13H,2-5H2,1H3,(H,23,24). The molecule has 4 heteroatoms. The molecule has 0 atom stereocenters. The van der Waals surface area contributed by atoms with Crippen LogP contribution in [0.3, 0.4) is 0 Å². The van der Waals surface area contributed by atoms with E-state index in [1.807, 2.05) is 36.1 Å². The van der Waals surface area contributed by atoms with Gasteiger partial charge in [-0.3, -0.25) is 0 Å². The summed E-state index contributed by atoms with van der Waals surface area (Å²) in [5.74, 6) is -0.466. The molecule has 1 aliphatic rings. The summed E-state index contributed by atoms with van der Waals surface area (Å²) in [5.41, 5.74) is 4.55. The van der Waals surface area contributed by atoms with Crippen molar-refractivity contribution >= 4 is 17.0 Å². The second-order valence-corrected chi connectivity index (χ2v) is 6.61. The Bertz CT molecular complexity index is 921. The van der Waals surface area contributed by atoms with E-state index in [2.05, 4.69) is 17.1 Å². The van der Waals surface area contributed by atoms with E-state index in [4.69, 9.17) is 0 Å². The third-order valence-electron chi connectivity index (χ3n) is 5.16. The Balaban J connectivity index is 1.89. The Labute approximate surface area is 140 Å². The van der Waals surface area contributed by atoms with Crippen molar-refractivity contribution in [2.24, 2.45) is 7.05 Å². The van der Waals surface area contributed by atoms with E-state index in [0.717, 1.165) is 40.6 Å². The van der Waals surface area contributed by atoms with Crippen molar-refractivity contribution in [3.05, 3.63) is 53.9 Å². The van der Waals surface area contributed by atoms with Crippen molar-refractivity contribution in [1.82, 2.24) is 9.55 Å². The maximum Gasteiger partial charge on any atom is 0.335 e. The van der Waals surface area contributed by atoms with Crippen molar-refractivity contribution in [2.75, 3.05) is 0 Å². The Kier molecular flexibility index (Phi) is 3.60. The van der Waals surface area contributed by atoms with Gasteiger partial charge in [0.25, 0.3) is 0 Å². The molecule has 0 radical (unpaired) electrons. The van der Waals surface area contributed by atoms with Crippen molar-refractivity contribution in [2.45, 2.75) is 31.6 Å². The van der Waals surface area contributed by atoms with Crippen molar-refractivity contribution in [3.63, 3.8) is 0 Å². The summed E-state index contributed by atoms with van der Waals surface area (Å²) in [6, 6.07) is 9.85. The number of carbonyl (C=O) groups is 1. The number of fused-ring (bicyclic) bond motifs is 1. The van der Waals surface area contributed by atoms with Gasteiger partial charge in [-0.2, -0.15) is 0 Å². The second-order valence-electron chi connectivity index (χ2n) is 6.61. The van der Waals surface area contributed by atoms with E-state index >= 15 is 0 Å². The van der Waals surface area contributed by atoms with Crippen molar-refractivity contribution < 1.29 is 9.90 Å². The van der Waals surface area contributed by atoms with Crippen LogP contribution in [0.25, 0.3) is 22.2 Å². The average Bonchev–Trinajstić information content (AvgIpc) is 3.24. The summed E-state index contributed by atoms with van der Waals surface area (Å²) in [6.07, 6.45) is 8.36. The molecule has 122 valence electrons. The minimum absolute atomic E-state index is 0.365. The minimum atomic E-state index is -0.831. The number of hydrogen-bond donors (Lipinski definition) is 1. The van der Waals surface area contributed by atoms with E-state index in [-0.39, 0.29) is 0 Å². The third-order valence-corrected chi connectivity index (χ3v) is 5.16. The maximum atomic E-state index is 11.6. The van der Waals surface area contributed by atoms with Gasteiger partial charge in [-0.15, -0.1) is 0 Å². The van der Waals surface area contributed by atoms with Gasteiger partial charge in [0.1, 0.15) is 5.65 Å². The van der Waals surface area contributed by atoms with E-state index in [1.54, 1.807) is 6.07 Å². The Morgan fingerprint density at radius 2 is 2.00 bits per heavy atom. The quantitative estimate of drug-likeness (QED) is 0.767. The second kappa shape index (κ2) is 5.78. The van der Waals surface area contributed by atoms with E-state index in [1.165, 1.54) is 12.8 Å². The number of aromatic nitrogens is 2. The van der Waals surface area contributed by atoms with Gasteiger partial charge >= 0.3 is 5.97 Å². The molecule has 0 unspecified atom stereocenters. The molecule has 0 bridgehead atoms. The molecule has 1 aliphatic carbocycles. The maximum absolute atomic E-state index is 11.6. The minimum Gasteiger partial charge on any atom is -0.478 e. The van der Waals surface area contributed by atoms with Crippen LogP contribution in [0.2, 0.25) is 0 Å². The van der Waals surface area contributed by atoms with Crippen LogP contribution in [0.5, 0.6) is 0 Å². The monoisotopic (exact) mass is 320 g/mol. The van der Waals surface area contributed by atoms with Crippen LogP contribution in [0, 0.1) is 0 Å². The normalized spacial score (nSPS) is 15.2. The molecule has 0 saturated heterocycles. The predicted octanol–water partition coefficient (Wildman–Crippen LogP) is 4.60. The van der Waals surface area contributed by atoms with Crippen molar-refractivity contribution in [3.8, 4) is 11.1 Å². The zero-order valence-electron chi connectivity index (χ0n) is 13.7. The molecule has 0 spiro atoms. The fourth-order valence-corrected chi connectivity index (χ4v) is 3.92. The van der Waals surface area contributed by atoms with Gasteiger partial charge in [0.2, 0.25) is 0 Å². The molecule has 4 nitrogen and oxygen atoms in total. The number of benzene rings is 1. The van der Waals surface area contributed by atoms with Gasteiger partial charge in [-0.05, 0) is 59.7 Å². The lowest BCUT2D eigenvalue weighted by Gasteiger charge is -2.15. The van der Waals surface area contributed by atoms with Crippen LogP contribution in [-0.2, 0) is 7.05 Å². The molecule has 1 aromatic carbocycles. The highest BCUT2D eigenvalue weighted by Gasteiger charge is 2.23. The van der Waals surface area contributed by atoms with E-state index in [0.29, 0.717) is 11.5 Å². The first-order chi connectivity index (χ1) is 11.6. The summed E-state index contributed by atoms with van der Waals surface area (Å²) in [5, 5.41) is 10.6. The lowest BCUT2D eigenvalue weighted by molar-refractivity contribution is 0.0695. The van der Waals surface area contributed by atoms with Crippen LogP contribution < -0.4 is 0 Å². The lowest BCUT2D eigenvalue weighted by atomic mass is 9.89. The molecule has 2 aromatic heterocycles. The van der Waals surface area contributed by atoms with E-state index < -0.39 is 5.97 Å². The number of aryl methyl sites for hydroxylation is 1. The van der Waals surface area contributed by atoms with Crippen LogP contribution in [0.4, 0.5) is 0 Å². The average molecular weight is 320 g/mol. The molecule has 3 aromatic rings. The highest BCUT2D eigenvalue weighted by atomic mass is 16.4. The summed E-state index contributed by atoms with van der Waals surface area (Å²) in [6.45, 7) is 0.